The van der Waals surface area contributed by atoms with Gasteiger partial charge in [0.2, 0.25) is 11.9 Å². The summed E-state index contributed by atoms with van der Waals surface area (Å²) in [5.74, 6) is 1.18. The van der Waals surface area contributed by atoms with Crippen molar-refractivity contribution in [3.8, 4) is 0 Å². The Balaban J connectivity index is 1.28. The molecule has 0 aliphatic carbocycles. The van der Waals surface area contributed by atoms with Crippen LogP contribution in [0.25, 0.3) is 0 Å². The number of nitrogens with one attached hydrogen (secondary N) is 1. The van der Waals surface area contributed by atoms with Crippen LogP contribution in [-0.2, 0) is 11.2 Å². The Labute approximate surface area is 195 Å². The van der Waals surface area contributed by atoms with Gasteiger partial charge in [0, 0.05) is 55.9 Å². The van der Waals surface area contributed by atoms with Crippen molar-refractivity contribution in [1.82, 2.24) is 25.0 Å². The molecule has 0 unspecified atom stereocenters. The number of piperidine rings is 2. The minimum Gasteiger partial charge on any atom is -0.379 e. The molecule has 2 aromatic rings. The Bertz CT molecular complexity index is 861. The van der Waals surface area contributed by atoms with Gasteiger partial charge in [0.05, 0.1) is 13.2 Å². The summed E-state index contributed by atoms with van der Waals surface area (Å²) in [5, 5.41) is 8.91. The number of likely N-dealkylation sites (tertiary alicyclic amines) is 1. The number of ether oxygens (including phenoxy) is 1. The summed E-state index contributed by atoms with van der Waals surface area (Å²) >= 11 is 6.12. The lowest BCUT2D eigenvalue weighted by atomic mass is 9.88. The number of nitrogen functional groups attached to an aromatic ring is 1. The van der Waals surface area contributed by atoms with Crippen molar-refractivity contribution < 1.29 is 4.74 Å². The molecule has 3 aliphatic rings. The number of anilines is 2. The number of aromatic amines is 1. The van der Waals surface area contributed by atoms with E-state index in [-0.39, 0.29) is 0 Å². The SMILES string of the molecule is Nc1nnc(N2CCC(N3C[C@H](N4CCOCC4)CC[C@@H]3Cc3ccc(Cl)cc3)CC2)[nH]1. The zero-order valence-electron chi connectivity index (χ0n) is 18.6. The zero-order valence-corrected chi connectivity index (χ0v) is 19.4. The second-order valence-electron chi connectivity index (χ2n) is 9.31. The van der Waals surface area contributed by atoms with Crippen molar-refractivity contribution in [3.05, 3.63) is 34.9 Å². The molecular formula is C23H34ClN7O. The highest BCUT2D eigenvalue weighted by molar-refractivity contribution is 6.30. The van der Waals surface area contributed by atoms with Crippen LogP contribution >= 0.6 is 11.6 Å². The van der Waals surface area contributed by atoms with Gasteiger partial charge in [-0.25, -0.2) is 0 Å². The van der Waals surface area contributed by atoms with E-state index in [2.05, 4.69) is 42.0 Å². The minimum absolute atomic E-state index is 0.384. The van der Waals surface area contributed by atoms with Crippen LogP contribution in [0.2, 0.25) is 5.02 Å². The molecule has 0 saturated carbocycles. The standard InChI is InChI=1S/C23H34ClN7O/c24-18-3-1-17(2-4-18)15-20-5-6-21(29-11-13-32-14-12-29)16-31(20)19-7-9-30(10-8-19)23-26-22(25)27-28-23/h1-4,19-21H,5-16H2,(H3,25,26,27,28)/t20-,21-/m1/s1. The lowest BCUT2D eigenvalue weighted by molar-refractivity contribution is -0.0252. The molecule has 3 N–H and O–H groups in total. The van der Waals surface area contributed by atoms with Gasteiger partial charge in [-0.2, -0.15) is 0 Å². The molecule has 1 aromatic heterocycles. The Kier molecular flexibility index (Phi) is 6.83. The molecule has 0 bridgehead atoms. The molecule has 32 heavy (non-hydrogen) atoms. The first kappa shape index (κ1) is 21.9. The van der Waals surface area contributed by atoms with E-state index in [1.165, 1.54) is 18.4 Å². The Morgan fingerprint density at radius 2 is 1.72 bits per heavy atom. The van der Waals surface area contributed by atoms with Crippen molar-refractivity contribution in [1.29, 1.82) is 0 Å². The predicted molar refractivity (Wildman–Crippen MR) is 127 cm³/mol. The van der Waals surface area contributed by atoms with Crippen LogP contribution in [0, 0.1) is 0 Å². The van der Waals surface area contributed by atoms with E-state index < -0.39 is 0 Å². The average Bonchev–Trinajstić information content (AvgIpc) is 3.28. The van der Waals surface area contributed by atoms with Crippen molar-refractivity contribution in [3.63, 3.8) is 0 Å². The van der Waals surface area contributed by atoms with Crippen LogP contribution in [-0.4, -0.2) is 89.0 Å². The highest BCUT2D eigenvalue weighted by atomic mass is 35.5. The molecule has 1 aromatic carbocycles. The molecule has 2 atom stereocenters. The molecule has 0 spiro atoms. The number of halogens is 1. The van der Waals surface area contributed by atoms with Gasteiger partial charge in [0.15, 0.2) is 0 Å². The Hall–Kier alpha value is -1.87. The van der Waals surface area contributed by atoms with Gasteiger partial charge >= 0.3 is 0 Å². The van der Waals surface area contributed by atoms with Crippen LogP contribution in [0.5, 0.6) is 0 Å². The summed E-state index contributed by atoms with van der Waals surface area (Å²) in [4.78, 5) is 10.8. The fourth-order valence-corrected chi connectivity index (χ4v) is 5.78. The van der Waals surface area contributed by atoms with Crippen molar-refractivity contribution in [2.75, 3.05) is 56.6 Å². The molecule has 3 fully saturated rings. The smallest absolute Gasteiger partial charge is 0.226 e. The van der Waals surface area contributed by atoms with Gasteiger partial charge in [-0.05, 0) is 49.8 Å². The Morgan fingerprint density at radius 3 is 2.41 bits per heavy atom. The number of nitrogens with two attached hydrogens (primary N) is 1. The van der Waals surface area contributed by atoms with Crippen LogP contribution in [0.3, 0.4) is 0 Å². The maximum absolute atomic E-state index is 6.12. The van der Waals surface area contributed by atoms with E-state index in [4.69, 9.17) is 22.1 Å². The maximum Gasteiger partial charge on any atom is 0.226 e. The summed E-state index contributed by atoms with van der Waals surface area (Å²) in [6.45, 7) is 6.96. The highest BCUT2D eigenvalue weighted by Gasteiger charge is 2.37. The largest absolute Gasteiger partial charge is 0.379 e. The summed E-state index contributed by atoms with van der Waals surface area (Å²) in [6.07, 6.45) is 5.86. The molecule has 3 aliphatic heterocycles. The third kappa shape index (κ3) is 5.03. The van der Waals surface area contributed by atoms with E-state index >= 15 is 0 Å². The van der Waals surface area contributed by atoms with E-state index in [0.717, 1.165) is 76.2 Å². The topological polar surface area (TPSA) is 86.5 Å². The molecular weight excluding hydrogens is 426 g/mol. The van der Waals surface area contributed by atoms with Crippen LogP contribution < -0.4 is 10.6 Å². The summed E-state index contributed by atoms with van der Waals surface area (Å²) < 4.78 is 5.60. The third-order valence-electron chi connectivity index (χ3n) is 7.40. The van der Waals surface area contributed by atoms with Gasteiger partial charge in [-0.3, -0.25) is 14.8 Å². The van der Waals surface area contributed by atoms with Crippen LogP contribution in [0.15, 0.2) is 24.3 Å². The van der Waals surface area contributed by atoms with Crippen LogP contribution in [0.1, 0.15) is 31.2 Å². The van der Waals surface area contributed by atoms with Crippen molar-refractivity contribution >= 4 is 23.5 Å². The molecule has 0 radical (unpaired) electrons. The second-order valence-corrected chi connectivity index (χ2v) is 9.75. The van der Waals surface area contributed by atoms with E-state index in [0.29, 0.717) is 24.1 Å². The fraction of sp³-hybridized carbons (Fsp3) is 0.652. The van der Waals surface area contributed by atoms with Gasteiger partial charge in [-0.1, -0.05) is 23.7 Å². The predicted octanol–water partition coefficient (Wildman–Crippen LogP) is 2.42. The zero-order chi connectivity index (χ0) is 21.9. The molecule has 174 valence electrons. The molecule has 8 nitrogen and oxygen atoms in total. The number of benzene rings is 1. The number of nitrogens with zero attached hydrogens (tertiary/aromatic N) is 5. The third-order valence-corrected chi connectivity index (χ3v) is 7.65. The van der Waals surface area contributed by atoms with Gasteiger partial charge in [0.25, 0.3) is 0 Å². The Morgan fingerprint density at radius 1 is 0.969 bits per heavy atom. The van der Waals surface area contributed by atoms with Crippen molar-refractivity contribution in [2.45, 2.75) is 50.2 Å². The molecule has 5 rings (SSSR count). The quantitative estimate of drug-likeness (QED) is 0.710. The number of rotatable bonds is 5. The summed E-state index contributed by atoms with van der Waals surface area (Å²) in [7, 11) is 0. The van der Waals surface area contributed by atoms with Crippen LogP contribution in [0.4, 0.5) is 11.9 Å². The summed E-state index contributed by atoms with van der Waals surface area (Å²) in [5.41, 5.74) is 7.11. The molecule has 9 heteroatoms. The van der Waals surface area contributed by atoms with Crippen molar-refractivity contribution in [2.24, 2.45) is 0 Å². The van der Waals surface area contributed by atoms with E-state index in [1.54, 1.807) is 0 Å². The average molecular weight is 460 g/mol. The second kappa shape index (κ2) is 9.95. The first-order chi connectivity index (χ1) is 15.7. The van der Waals surface area contributed by atoms with E-state index in [1.807, 2.05) is 12.1 Å². The summed E-state index contributed by atoms with van der Waals surface area (Å²) in [6, 6.07) is 10.2. The van der Waals surface area contributed by atoms with Gasteiger partial charge in [0.1, 0.15) is 0 Å². The lowest BCUT2D eigenvalue weighted by Gasteiger charge is -2.49. The molecule has 0 amide bonds. The molecule has 3 saturated heterocycles. The van der Waals surface area contributed by atoms with Gasteiger partial charge in [-0.15, -0.1) is 10.2 Å². The minimum atomic E-state index is 0.384. The highest BCUT2D eigenvalue weighted by Crippen LogP contribution is 2.31. The lowest BCUT2D eigenvalue weighted by Crippen LogP contribution is -2.59. The van der Waals surface area contributed by atoms with Gasteiger partial charge < -0.3 is 15.4 Å². The van der Waals surface area contributed by atoms with E-state index in [9.17, 15) is 0 Å². The maximum atomic E-state index is 6.12. The normalized spacial score (nSPS) is 26.5. The number of morpholine rings is 1. The number of hydrogen-bond acceptors (Lipinski definition) is 7. The molecule has 4 heterocycles. The fourth-order valence-electron chi connectivity index (χ4n) is 5.65. The number of aromatic nitrogens is 3. The number of hydrogen-bond donors (Lipinski definition) is 2. The number of H-pyrrole nitrogens is 1. The first-order valence-corrected chi connectivity index (χ1v) is 12.3. The first-order valence-electron chi connectivity index (χ1n) is 11.9. The monoisotopic (exact) mass is 459 g/mol.